The van der Waals surface area contributed by atoms with Crippen molar-refractivity contribution in [3.05, 3.63) is 23.8 Å². The van der Waals surface area contributed by atoms with Gasteiger partial charge in [-0.3, -0.25) is 4.79 Å². The van der Waals surface area contributed by atoms with Crippen molar-refractivity contribution >= 4 is 5.91 Å². The van der Waals surface area contributed by atoms with Gasteiger partial charge in [-0.1, -0.05) is 56.9 Å². The molecular weight excluding hydrogens is 412 g/mol. The molecule has 0 spiro atoms. The van der Waals surface area contributed by atoms with E-state index in [0.717, 1.165) is 38.6 Å². The molecule has 1 saturated carbocycles. The van der Waals surface area contributed by atoms with Crippen molar-refractivity contribution in [2.45, 2.75) is 111 Å². The summed E-state index contributed by atoms with van der Waals surface area (Å²) in [5.41, 5.74) is 1.44. The van der Waals surface area contributed by atoms with Crippen LogP contribution in [-0.4, -0.2) is 58.4 Å². The highest BCUT2D eigenvalue weighted by molar-refractivity contribution is 5.78. The van der Waals surface area contributed by atoms with Gasteiger partial charge in [-0.15, -0.1) is 0 Å². The van der Waals surface area contributed by atoms with E-state index in [2.05, 4.69) is 59.0 Å². The van der Waals surface area contributed by atoms with Gasteiger partial charge in [-0.2, -0.15) is 0 Å². The van der Waals surface area contributed by atoms with Crippen molar-refractivity contribution in [1.82, 2.24) is 10.2 Å². The molecule has 0 heterocycles. The summed E-state index contributed by atoms with van der Waals surface area (Å²) in [6, 6.07) is 0.427. The fourth-order valence-corrected chi connectivity index (χ4v) is 5.92. The number of unbranched alkanes of at least 4 members (excludes halogenated alkanes) is 1. The van der Waals surface area contributed by atoms with Gasteiger partial charge in [0.2, 0.25) is 5.91 Å². The van der Waals surface area contributed by atoms with Crippen LogP contribution in [0.4, 0.5) is 0 Å². The van der Waals surface area contributed by atoms with Gasteiger partial charge in [0, 0.05) is 18.0 Å². The van der Waals surface area contributed by atoms with E-state index in [1.54, 1.807) is 0 Å². The Morgan fingerprint density at radius 1 is 1.24 bits per heavy atom. The number of amides is 1. The number of allylic oxidation sites excluding steroid dienone is 1. The number of rotatable bonds is 14. The molecule has 0 saturated heterocycles. The van der Waals surface area contributed by atoms with Crippen molar-refractivity contribution in [3.8, 4) is 0 Å². The first-order valence-electron chi connectivity index (χ1n) is 13.4. The van der Waals surface area contributed by atoms with E-state index in [4.69, 9.17) is 0 Å². The van der Waals surface area contributed by atoms with Crippen molar-refractivity contribution in [1.29, 1.82) is 0 Å². The number of nitrogens with one attached hydrogen (secondary N) is 1. The molecule has 190 valence electrons. The molecule has 0 radical (unpaired) electrons. The van der Waals surface area contributed by atoms with Crippen LogP contribution in [0.15, 0.2) is 23.8 Å². The fraction of sp³-hybridized carbons (Fsp3) is 0.821. The summed E-state index contributed by atoms with van der Waals surface area (Å²) in [7, 11) is 0. The van der Waals surface area contributed by atoms with Gasteiger partial charge < -0.3 is 20.4 Å². The van der Waals surface area contributed by atoms with E-state index in [1.807, 2.05) is 11.0 Å². The number of fused-ring (bicyclic) bond motifs is 1. The summed E-state index contributed by atoms with van der Waals surface area (Å²) in [5.74, 6) is 1.69. The van der Waals surface area contributed by atoms with E-state index in [-0.39, 0.29) is 30.0 Å². The quantitative estimate of drug-likeness (QED) is 0.259. The van der Waals surface area contributed by atoms with Crippen LogP contribution in [0.25, 0.3) is 0 Å². The first-order chi connectivity index (χ1) is 15.6. The van der Waals surface area contributed by atoms with Gasteiger partial charge in [-0.25, -0.2) is 0 Å². The molecule has 3 N–H and O–H groups in total. The van der Waals surface area contributed by atoms with Crippen LogP contribution in [0.2, 0.25) is 0 Å². The maximum absolute atomic E-state index is 12.5. The van der Waals surface area contributed by atoms with Crippen molar-refractivity contribution in [2.24, 2.45) is 23.7 Å². The number of nitrogens with zero attached hydrogens (tertiary/aromatic N) is 1. The Bertz CT molecular complexity index is 650. The molecule has 0 aromatic rings. The van der Waals surface area contributed by atoms with E-state index in [1.165, 1.54) is 18.4 Å². The Balaban J connectivity index is 1.77. The lowest BCUT2D eigenvalue weighted by Gasteiger charge is -2.31. The van der Waals surface area contributed by atoms with E-state index in [9.17, 15) is 15.0 Å². The fourth-order valence-electron chi connectivity index (χ4n) is 5.92. The SMILES string of the molecule is CCCC[C@H](C)C[C@H](O)/C=C/[C@@H]1C2CC(CCNCC(=O)N(C(C)C)C(C)C)=C[C@H]2C[C@H]1O. The molecule has 5 heteroatoms. The predicted molar refractivity (Wildman–Crippen MR) is 137 cm³/mol. The molecule has 1 amide bonds. The van der Waals surface area contributed by atoms with E-state index >= 15 is 0 Å². The molecule has 2 aliphatic rings. The summed E-state index contributed by atoms with van der Waals surface area (Å²) in [4.78, 5) is 14.4. The maximum Gasteiger partial charge on any atom is 0.236 e. The van der Waals surface area contributed by atoms with Crippen LogP contribution < -0.4 is 5.32 Å². The van der Waals surface area contributed by atoms with Crippen LogP contribution in [0.5, 0.6) is 0 Å². The van der Waals surface area contributed by atoms with Gasteiger partial charge in [0.1, 0.15) is 0 Å². The summed E-state index contributed by atoms with van der Waals surface area (Å²) >= 11 is 0. The average Bonchev–Trinajstić information content (AvgIpc) is 3.23. The van der Waals surface area contributed by atoms with E-state index in [0.29, 0.717) is 24.3 Å². The smallest absolute Gasteiger partial charge is 0.236 e. The molecule has 0 aromatic heterocycles. The van der Waals surface area contributed by atoms with Gasteiger partial charge >= 0.3 is 0 Å². The summed E-state index contributed by atoms with van der Waals surface area (Å²) in [5, 5.41) is 24.4. The lowest BCUT2D eigenvalue weighted by atomic mass is 9.88. The third-order valence-electron chi connectivity index (χ3n) is 7.50. The van der Waals surface area contributed by atoms with Gasteiger partial charge in [0.05, 0.1) is 18.8 Å². The molecule has 33 heavy (non-hydrogen) atoms. The van der Waals surface area contributed by atoms with Crippen molar-refractivity contribution in [2.75, 3.05) is 13.1 Å². The second-order valence-corrected chi connectivity index (χ2v) is 11.1. The first-order valence-corrected chi connectivity index (χ1v) is 13.4. The Morgan fingerprint density at radius 3 is 2.58 bits per heavy atom. The summed E-state index contributed by atoms with van der Waals surface area (Å²) in [6.07, 6.45) is 12.8. The normalized spacial score (nSPS) is 26.8. The van der Waals surface area contributed by atoms with Gasteiger partial charge in [-0.05, 0) is 77.7 Å². The molecule has 5 nitrogen and oxygen atoms in total. The second kappa shape index (κ2) is 13.7. The maximum atomic E-state index is 12.5. The third kappa shape index (κ3) is 8.52. The zero-order chi connectivity index (χ0) is 24.5. The largest absolute Gasteiger partial charge is 0.392 e. The minimum absolute atomic E-state index is 0.129. The average molecular weight is 463 g/mol. The second-order valence-electron chi connectivity index (χ2n) is 11.1. The highest BCUT2D eigenvalue weighted by atomic mass is 16.3. The molecular formula is C28H50N2O3. The van der Waals surface area contributed by atoms with Crippen LogP contribution in [0.3, 0.4) is 0 Å². The third-order valence-corrected chi connectivity index (χ3v) is 7.50. The van der Waals surface area contributed by atoms with E-state index < -0.39 is 6.10 Å². The molecule has 2 rings (SSSR count). The number of aliphatic hydroxyl groups excluding tert-OH is 2. The zero-order valence-corrected chi connectivity index (χ0v) is 22.0. The van der Waals surface area contributed by atoms with Crippen LogP contribution in [-0.2, 0) is 4.79 Å². The van der Waals surface area contributed by atoms with Crippen LogP contribution >= 0.6 is 0 Å². The monoisotopic (exact) mass is 462 g/mol. The van der Waals surface area contributed by atoms with Crippen molar-refractivity contribution < 1.29 is 15.0 Å². The number of carbonyl (C=O) groups is 1. The number of carbonyl (C=O) groups excluding carboxylic acids is 1. The lowest BCUT2D eigenvalue weighted by Crippen LogP contribution is -2.46. The Labute approximate surface area is 202 Å². The molecule has 0 bridgehead atoms. The highest BCUT2D eigenvalue weighted by Gasteiger charge is 2.43. The van der Waals surface area contributed by atoms with Gasteiger partial charge in [0.15, 0.2) is 0 Å². The number of aliphatic hydroxyl groups is 2. The molecule has 6 atom stereocenters. The highest BCUT2D eigenvalue weighted by Crippen LogP contribution is 2.47. The minimum atomic E-state index is -0.421. The predicted octanol–water partition coefficient (Wildman–Crippen LogP) is 4.69. The Morgan fingerprint density at radius 2 is 1.94 bits per heavy atom. The first kappa shape index (κ1) is 28.1. The molecule has 0 aromatic carbocycles. The minimum Gasteiger partial charge on any atom is -0.392 e. The number of hydrogen-bond acceptors (Lipinski definition) is 4. The lowest BCUT2D eigenvalue weighted by molar-refractivity contribution is -0.133. The molecule has 1 unspecified atom stereocenters. The topological polar surface area (TPSA) is 72.8 Å². The summed E-state index contributed by atoms with van der Waals surface area (Å²) < 4.78 is 0. The molecule has 1 fully saturated rings. The van der Waals surface area contributed by atoms with Crippen LogP contribution in [0.1, 0.15) is 86.5 Å². The molecule has 2 aliphatic carbocycles. The Hall–Kier alpha value is -1.17. The zero-order valence-electron chi connectivity index (χ0n) is 22.0. The van der Waals surface area contributed by atoms with Crippen molar-refractivity contribution in [3.63, 3.8) is 0 Å². The number of hydrogen-bond donors (Lipinski definition) is 3. The molecule has 0 aliphatic heterocycles. The standard InChI is InChI=1S/C28H50N2O3/c1-7-8-9-21(6)14-24(31)10-11-25-26-16-22(15-23(26)17-27(25)32)12-13-29-18-28(33)30(19(2)3)20(4)5/h10-11,15,19-21,23-27,29,31-32H,7-9,12-14,16-18H2,1-6H3/b11-10+/t21-,23-,24+,25+,26?,27+/m0/s1. The summed E-state index contributed by atoms with van der Waals surface area (Å²) in [6.45, 7) is 13.8. The Kier molecular flexibility index (Phi) is 11.6. The van der Waals surface area contributed by atoms with Crippen LogP contribution in [0, 0.1) is 23.7 Å². The van der Waals surface area contributed by atoms with Gasteiger partial charge in [0.25, 0.3) is 0 Å².